The highest BCUT2D eigenvalue weighted by Gasteiger charge is 2.11. The number of fused-ring (bicyclic) bond motifs is 1. The molecular formula is C10H10N4O. The van der Waals surface area contributed by atoms with Crippen LogP contribution in [0, 0.1) is 0 Å². The molecule has 0 bridgehead atoms. The van der Waals surface area contributed by atoms with E-state index >= 15 is 0 Å². The van der Waals surface area contributed by atoms with E-state index in [0.29, 0.717) is 11.2 Å². The van der Waals surface area contributed by atoms with Gasteiger partial charge < -0.3 is 5.32 Å². The van der Waals surface area contributed by atoms with Crippen molar-refractivity contribution in [2.45, 2.75) is 6.92 Å². The molecule has 15 heavy (non-hydrogen) atoms. The van der Waals surface area contributed by atoms with Gasteiger partial charge in [0.1, 0.15) is 5.56 Å². The summed E-state index contributed by atoms with van der Waals surface area (Å²) in [6.45, 7) is 1.83. The minimum atomic E-state index is -0.207. The Labute approximate surface area is 86.4 Å². The zero-order valence-corrected chi connectivity index (χ0v) is 8.21. The summed E-state index contributed by atoms with van der Waals surface area (Å²) in [5.74, 6) is -0.207. The normalized spacial score (nSPS) is 11.0. The van der Waals surface area contributed by atoms with E-state index in [2.05, 4.69) is 15.4 Å². The third kappa shape index (κ3) is 1.71. The molecule has 2 aromatic rings. The molecule has 0 aliphatic carbocycles. The van der Waals surface area contributed by atoms with Crippen molar-refractivity contribution in [3.8, 4) is 0 Å². The summed E-state index contributed by atoms with van der Waals surface area (Å²) < 4.78 is 1.56. The lowest BCUT2D eigenvalue weighted by Crippen LogP contribution is -2.16. The molecule has 0 atom stereocenters. The Bertz CT molecular complexity index is 515. The van der Waals surface area contributed by atoms with Crippen LogP contribution < -0.4 is 5.32 Å². The number of allylic oxidation sites excluding steroid dienone is 1. The molecule has 2 rings (SSSR count). The van der Waals surface area contributed by atoms with Crippen LogP contribution in [0.2, 0.25) is 0 Å². The molecule has 0 unspecified atom stereocenters. The second-order valence-corrected chi connectivity index (χ2v) is 2.92. The molecule has 0 spiro atoms. The third-order valence-corrected chi connectivity index (χ3v) is 1.91. The summed E-state index contributed by atoms with van der Waals surface area (Å²) >= 11 is 0. The second kappa shape index (κ2) is 3.91. The number of aromatic nitrogens is 3. The SMILES string of the molecule is C/C=C/NC(=O)c1cnn2cccnc12. The maximum Gasteiger partial charge on any atom is 0.260 e. The van der Waals surface area contributed by atoms with Crippen LogP contribution in [0.3, 0.4) is 0 Å². The van der Waals surface area contributed by atoms with Crippen LogP contribution in [0.15, 0.2) is 36.9 Å². The minimum absolute atomic E-state index is 0.207. The first-order valence-electron chi connectivity index (χ1n) is 4.53. The Hall–Kier alpha value is -2.17. The monoisotopic (exact) mass is 202 g/mol. The highest BCUT2D eigenvalue weighted by atomic mass is 16.1. The van der Waals surface area contributed by atoms with E-state index in [-0.39, 0.29) is 5.91 Å². The Kier molecular flexibility index (Phi) is 2.45. The molecule has 5 heteroatoms. The van der Waals surface area contributed by atoms with Crippen molar-refractivity contribution in [2.75, 3.05) is 0 Å². The number of rotatable bonds is 2. The van der Waals surface area contributed by atoms with Crippen molar-refractivity contribution in [2.24, 2.45) is 0 Å². The lowest BCUT2D eigenvalue weighted by molar-refractivity contribution is 0.0971. The largest absolute Gasteiger partial charge is 0.329 e. The van der Waals surface area contributed by atoms with Gasteiger partial charge in [-0.1, -0.05) is 6.08 Å². The van der Waals surface area contributed by atoms with Crippen molar-refractivity contribution in [1.82, 2.24) is 19.9 Å². The number of carbonyl (C=O) groups excluding carboxylic acids is 1. The summed E-state index contributed by atoms with van der Waals surface area (Å²) in [5, 5.41) is 6.63. The van der Waals surface area contributed by atoms with Crippen LogP contribution in [0.5, 0.6) is 0 Å². The molecule has 1 N–H and O–H groups in total. The molecule has 2 heterocycles. The number of nitrogens with one attached hydrogen (secondary N) is 1. The molecule has 0 radical (unpaired) electrons. The van der Waals surface area contributed by atoms with Gasteiger partial charge in [-0.3, -0.25) is 4.79 Å². The minimum Gasteiger partial charge on any atom is -0.329 e. The Morgan fingerprint density at radius 2 is 2.47 bits per heavy atom. The first-order valence-corrected chi connectivity index (χ1v) is 4.53. The summed E-state index contributed by atoms with van der Waals surface area (Å²) in [5.41, 5.74) is 1.02. The smallest absolute Gasteiger partial charge is 0.260 e. The van der Waals surface area contributed by atoms with Crippen LogP contribution in [0.1, 0.15) is 17.3 Å². The maximum atomic E-state index is 11.6. The predicted octanol–water partition coefficient (Wildman–Crippen LogP) is 0.993. The van der Waals surface area contributed by atoms with E-state index in [1.165, 1.54) is 6.20 Å². The summed E-state index contributed by atoms with van der Waals surface area (Å²) in [7, 11) is 0. The fraction of sp³-hybridized carbons (Fsp3) is 0.100. The highest BCUT2D eigenvalue weighted by Crippen LogP contribution is 2.06. The number of nitrogens with zero attached hydrogens (tertiary/aromatic N) is 3. The average molecular weight is 202 g/mol. The second-order valence-electron chi connectivity index (χ2n) is 2.92. The van der Waals surface area contributed by atoms with Crippen molar-refractivity contribution < 1.29 is 4.79 Å². The number of amides is 1. The van der Waals surface area contributed by atoms with Crippen LogP contribution >= 0.6 is 0 Å². The van der Waals surface area contributed by atoms with Gasteiger partial charge in [-0.15, -0.1) is 0 Å². The number of carbonyl (C=O) groups is 1. The van der Waals surface area contributed by atoms with Gasteiger partial charge in [0.15, 0.2) is 5.65 Å². The molecule has 0 saturated heterocycles. The van der Waals surface area contributed by atoms with Gasteiger partial charge in [0.25, 0.3) is 5.91 Å². The topological polar surface area (TPSA) is 59.3 Å². The van der Waals surface area contributed by atoms with E-state index in [9.17, 15) is 4.79 Å². The molecule has 76 valence electrons. The molecule has 2 aromatic heterocycles. The van der Waals surface area contributed by atoms with Gasteiger partial charge in [0.2, 0.25) is 0 Å². The van der Waals surface area contributed by atoms with Crippen LogP contribution in [-0.2, 0) is 0 Å². The van der Waals surface area contributed by atoms with Crippen LogP contribution in [0.25, 0.3) is 5.65 Å². The molecule has 5 nitrogen and oxygen atoms in total. The van der Waals surface area contributed by atoms with Gasteiger partial charge in [-0.2, -0.15) is 5.10 Å². The van der Waals surface area contributed by atoms with Crippen LogP contribution in [-0.4, -0.2) is 20.5 Å². The van der Waals surface area contributed by atoms with Crippen molar-refractivity contribution in [3.05, 3.63) is 42.5 Å². The first-order chi connectivity index (χ1) is 7.33. The molecule has 0 saturated carbocycles. The van der Waals surface area contributed by atoms with Crippen molar-refractivity contribution in [3.63, 3.8) is 0 Å². The van der Waals surface area contributed by atoms with Gasteiger partial charge in [0.05, 0.1) is 6.20 Å². The molecule has 1 amide bonds. The van der Waals surface area contributed by atoms with E-state index < -0.39 is 0 Å². The van der Waals surface area contributed by atoms with Gasteiger partial charge in [-0.05, 0) is 19.2 Å². The fourth-order valence-electron chi connectivity index (χ4n) is 1.22. The molecule has 0 aromatic carbocycles. The number of hydrogen-bond donors (Lipinski definition) is 1. The lowest BCUT2D eigenvalue weighted by Gasteiger charge is -1.96. The van der Waals surface area contributed by atoms with E-state index in [1.807, 2.05) is 6.92 Å². The lowest BCUT2D eigenvalue weighted by atomic mass is 10.3. The van der Waals surface area contributed by atoms with Crippen molar-refractivity contribution >= 4 is 11.6 Å². The summed E-state index contributed by atoms with van der Waals surface area (Å²) in [6, 6.07) is 1.76. The first kappa shape index (κ1) is 9.39. The standard InChI is InChI=1S/C10H10N4O/c1-2-4-12-10(15)8-7-13-14-6-3-5-11-9(8)14/h2-7H,1H3,(H,12,15)/b4-2+. The Morgan fingerprint density at radius 1 is 1.60 bits per heavy atom. The molecular weight excluding hydrogens is 192 g/mol. The molecule has 0 fully saturated rings. The van der Waals surface area contributed by atoms with Gasteiger partial charge in [-0.25, -0.2) is 9.50 Å². The summed E-state index contributed by atoms with van der Waals surface area (Å²) in [6.07, 6.45) is 8.20. The Morgan fingerprint density at radius 3 is 3.27 bits per heavy atom. The number of hydrogen-bond acceptors (Lipinski definition) is 3. The van der Waals surface area contributed by atoms with Gasteiger partial charge >= 0.3 is 0 Å². The van der Waals surface area contributed by atoms with Gasteiger partial charge in [0, 0.05) is 12.4 Å². The van der Waals surface area contributed by atoms with E-state index in [1.54, 1.807) is 35.3 Å². The summed E-state index contributed by atoms with van der Waals surface area (Å²) in [4.78, 5) is 15.7. The maximum absolute atomic E-state index is 11.6. The predicted molar refractivity (Wildman–Crippen MR) is 55.3 cm³/mol. The van der Waals surface area contributed by atoms with E-state index in [4.69, 9.17) is 0 Å². The van der Waals surface area contributed by atoms with Crippen molar-refractivity contribution in [1.29, 1.82) is 0 Å². The van der Waals surface area contributed by atoms with Crippen LogP contribution in [0.4, 0.5) is 0 Å². The van der Waals surface area contributed by atoms with E-state index in [0.717, 1.165) is 0 Å². The third-order valence-electron chi connectivity index (χ3n) is 1.91. The average Bonchev–Trinajstić information content (AvgIpc) is 2.69. The molecule has 0 aliphatic heterocycles. The zero-order valence-electron chi connectivity index (χ0n) is 8.21. The zero-order chi connectivity index (χ0) is 10.7. The highest BCUT2D eigenvalue weighted by molar-refractivity contribution is 6.00. The quantitative estimate of drug-likeness (QED) is 0.790. The molecule has 0 aliphatic rings. The fourth-order valence-corrected chi connectivity index (χ4v) is 1.22. The Balaban J connectivity index is 2.39.